The number of likely N-dealkylation sites (tertiary alicyclic amines) is 2. The SMILES string of the molecule is O=C(OC1CC2(C1)CN(C1CCN(c3ccc([N+](=O)[O-])cc3F)CC1)C2)N1CCC(Nc2ncc(F)c(-c3cccc(-n4ccccc4=O)c3)n2)CC1. The number of pyridine rings is 1. The van der Waals surface area contributed by atoms with Gasteiger partial charge in [-0.1, -0.05) is 18.2 Å². The fourth-order valence-electron chi connectivity index (χ4n) is 8.35. The number of hydrogen-bond donors (Lipinski definition) is 1. The normalized spacial score (nSPS) is 19.4. The van der Waals surface area contributed by atoms with E-state index in [1.165, 1.54) is 22.8 Å². The molecule has 4 aromatic rings. The molecular formula is C38H40F2N8O5. The molecule has 2 aromatic carbocycles. The quantitative estimate of drug-likeness (QED) is 0.180. The monoisotopic (exact) mass is 726 g/mol. The average molecular weight is 727 g/mol. The van der Waals surface area contributed by atoms with Crippen LogP contribution in [0.3, 0.4) is 0 Å². The van der Waals surface area contributed by atoms with E-state index < -0.39 is 16.6 Å². The Morgan fingerprint density at radius 3 is 2.43 bits per heavy atom. The minimum Gasteiger partial charge on any atom is -0.446 e. The number of carbonyl (C=O) groups is 1. The molecule has 1 aliphatic carbocycles. The van der Waals surface area contributed by atoms with Gasteiger partial charge in [0.15, 0.2) is 11.6 Å². The lowest BCUT2D eigenvalue weighted by molar-refractivity contribution is -0.385. The van der Waals surface area contributed by atoms with Gasteiger partial charge in [-0.05, 0) is 62.8 Å². The number of piperidine rings is 2. The Morgan fingerprint density at radius 1 is 0.943 bits per heavy atom. The van der Waals surface area contributed by atoms with E-state index in [2.05, 4.69) is 20.2 Å². The molecule has 4 fully saturated rings. The smallest absolute Gasteiger partial charge is 0.410 e. The summed E-state index contributed by atoms with van der Waals surface area (Å²) in [5.74, 6) is -0.838. The van der Waals surface area contributed by atoms with Crippen LogP contribution >= 0.6 is 0 Å². The van der Waals surface area contributed by atoms with Crippen molar-refractivity contribution in [3.8, 4) is 16.9 Å². The number of rotatable bonds is 8. The summed E-state index contributed by atoms with van der Waals surface area (Å²) in [5, 5.41) is 14.3. The minimum atomic E-state index is -0.587. The Hall–Kier alpha value is -5.44. The van der Waals surface area contributed by atoms with Gasteiger partial charge < -0.3 is 19.9 Å². The number of non-ortho nitro benzene ring substituents is 1. The lowest BCUT2D eigenvalue weighted by atomic mass is 9.61. The number of nitrogens with zero attached hydrogens (tertiary/aromatic N) is 7. The number of nitro groups is 1. The van der Waals surface area contributed by atoms with Crippen molar-refractivity contribution in [2.24, 2.45) is 5.41 Å². The van der Waals surface area contributed by atoms with Gasteiger partial charge in [0.1, 0.15) is 11.8 Å². The lowest BCUT2D eigenvalue weighted by Crippen LogP contribution is -2.67. The number of benzene rings is 2. The van der Waals surface area contributed by atoms with E-state index in [0.29, 0.717) is 67.9 Å². The largest absolute Gasteiger partial charge is 0.446 e. The number of aromatic nitrogens is 3. The van der Waals surface area contributed by atoms with Gasteiger partial charge in [-0.25, -0.2) is 23.5 Å². The molecule has 3 aliphatic heterocycles. The standard InChI is InChI=1S/C38H40F2N8O5/c39-31-19-29(48(51)52)7-8-33(31)44-16-11-27(12-17-44)46-23-38(24-46)20-30(21-38)53-37(50)45-14-9-26(10-15-45)42-36-41-22-32(40)35(43-36)25-4-3-5-28(18-25)47-13-2-1-6-34(47)49/h1-8,13,18-19,22,26-27,30H,9-12,14-17,20-21,23-24H2,(H,41,42,43). The van der Waals surface area contributed by atoms with Gasteiger partial charge in [-0.2, -0.15) is 0 Å². The summed E-state index contributed by atoms with van der Waals surface area (Å²) in [6, 6.07) is 16.1. The Labute approximate surface area is 304 Å². The van der Waals surface area contributed by atoms with Crippen molar-refractivity contribution in [1.29, 1.82) is 0 Å². The van der Waals surface area contributed by atoms with Crippen molar-refractivity contribution in [2.45, 2.75) is 56.7 Å². The number of nitro benzene ring substituents is 1. The van der Waals surface area contributed by atoms with Gasteiger partial charge in [0.05, 0.1) is 22.9 Å². The molecule has 5 heterocycles. The third-order valence-electron chi connectivity index (χ3n) is 11.2. The fraction of sp³-hybridized carbons (Fsp3) is 0.421. The number of carbonyl (C=O) groups excluding carboxylic acids is 1. The topological polar surface area (TPSA) is 139 Å². The second-order valence-electron chi connectivity index (χ2n) is 14.7. The summed E-state index contributed by atoms with van der Waals surface area (Å²) in [4.78, 5) is 50.5. The summed E-state index contributed by atoms with van der Waals surface area (Å²) in [6.45, 7) is 4.38. The highest BCUT2D eigenvalue weighted by Crippen LogP contribution is 2.51. The van der Waals surface area contributed by atoms with Gasteiger partial charge in [0, 0.05) is 86.3 Å². The molecule has 0 bridgehead atoms. The van der Waals surface area contributed by atoms with Crippen molar-refractivity contribution in [3.05, 3.63) is 105 Å². The van der Waals surface area contributed by atoms with Crippen LogP contribution in [-0.4, -0.2) is 92.8 Å². The summed E-state index contributed by atoms with van der Waals surface area (Å²) < 4.78 is 36.8. The van der Waals surface area contributed by atoms with Gasteiger partial charge >= 0.3 is 6.09 Å². The maximum atomic E-state index is 14.9. The first-order valence-electron chi connectivity index (χ1n) is 18.1. The zero-order valence-electron chi connectivity index (χ0n) is 29.1. The minimum absolute atomic E-state index is 0.000419. The predicted molar refractivity (Wildman–Crippen MR) is 193 cm³/mol. The zero-order valence-corrected chi connectivity index (χ0v) is 29.1. The number of hydrogen-bond acceptors (Lipinski definition) is 10. The molecule has 2 aromatic heterocycles. The van der Waals surface area contributed by atoms with Crippen molar-refractivity contribution in [3.63, 3.8) is 0 Å². The summed E-state index contributed by atoms with van der Waals surface area (Å²) in [7, 11) is 0. The van der Waals surface area contributed by atoms with Crippen LogP contribution in [0, 0.1) is 27.2 Å². The van der Waals surface area contributed by atoms with Crippen LogP contribution < -0.4 is 15.8 Å². The molecule has 1 N–H and O–H groups in total. The first-order chi connectivity index (χ1) is 25.6. The van der Waals surface area contributed by atoms with Crippen LogP contribution in [-0.2, 0) is 4.74 Å². The van der Waals surface area contributed by atoms with E-state index in [0.717, 1.165) is 51.0 Å². The maximum absolute atomic E-state index is 14.9. The summed E-state index contributed by atoms with van der Waals surface area (Å²) in [6.07, 6.45) is 7.26. The molecule has 1 spiro atoms. The molecule has 53 heavy (non-hydrogen) atoms. The van der Waals surface area contributed by atoms with Crippen molar-refractivity contribution >= 4 is 23.4 Å². The van der Waals surface area contributed by atoms with Crippen LogP contribution in [0.2, 0.25) is 0 Å². The van der Waals surface area contributed by atoms with Crippen molar-refractivity contribution in [1.82, 2.24) is 24.3 Å². The van der Waals surface area contributed by atoms with Gasteiger partial charge in [0.2, 0.25) is 5.95 Å². The third kappa shape index (κ3) is 7.17. The highest BCUT2D eigenvalue weighted by atomic mass is 19.1. The second kappa shape index (κ2) is 14.2. The highest BCUT2D eigenvalue weighted by molar-refractivity contribution is 5.68. The van der Waals surface area contributed by atoms with E-state index in [1.54, 1.807) is 47.5 Å². The molecule has 1 amide bonds. The Balaban J connectivity index is 0.767. The lowest BCUT2D eigenvalue weighted by Gasteiger charge is -2.61. The van der Waals surface area contributed by atoms with Crippen LogP contribution in [0.5, 0.6) is 0 Å². The number of halogens is 2. The van der Waals surface area contributed by atoms with E-state index >= 15 is 0 Å². The average Bonchev–Trinajstić information content (AvgIpc) is 3.13. The van der Waals surface area contributed by atoms with Gasteiger partial charge in [-0.15, -0.1) is 0 Å². The molecule has 3 saturated heterocycles. The van der Waals surface area contributed by atoms with Gasteiger partial charge in [0.25, 0.3) is 11.2 Å². The van der Waals surface area contributed by atoms with Crippen LogP contribution in [0.4, 0.5) is 30.9 Å². The Bertz CT molecular complexity index is 2070. The van der Waals surface area contributed by atoms with Gasteiger partial charge in [-0.3, -0.25) is 24.4 Å². The molecule has 8 rings (SSSR count). The second-order valence-corrected chi connectivity index (χ2v) is 14.7. The van der Waals surface area contributed by atoms with Crippen LogP contribution in [0.25, 0.3) is 16.9 Å². The predicted octanol–water partition coefficient (Wildman–Crippen LogP) is 5.63. The highest BCUT2D eigenvalue weighted by Gasteiger charge is 2.55. The molecule has 276 valence electrons. The number of ether oxygens (including phenoxy) is 1. The molecule has 0 radical (unpaired) electrons. The molecule has 4 aliphatic rings. The number of amides is 1. The van der Waals surface area contributed by atoms with E-state index in [9.17, 15) is 28.5 Å². The fourth-order valence-corrected chi connectivity index (χ4v) is 8.35. The van der Waals surface area contributed by atoms with Crippen molar-refractivity contribution < 1.29 is 23.2 Å². The molecule has 15 heteroatoms. The molecule has 0 unspecified atom stereocenters. The van der Waals surface area contributed by atoms with Crippen LogP contribution in [0.15, 0.2) is 77.9 Å². The molecular weight excluding hydrogens is 686 g/mol. The molecule has 13 nitrogen and oxygen atoms in total. The maximum Gasteiger partial charge on any atom is 0.410 e. The summed E-state index contributed by atoms with van der Waals surface area (Å²) >= 11 is 0. The zero-order chi connectivity index (χ0) is 36.7. The first-order valence-corrected chi connectivity index (χ1v) is 18.1. The van der Waals surface area contributed by atoms with E-state index in [1.807, 2.05) is 4.90 Å². The van der Waals surface area contributed by atoms with E-state index in [4.69, 9.17) is 4.74 Å². The molecule has 0 atom stereocenters. The van der Waals surface area contributed by atoms with E-state index in [-0.39, 0.29) is 40.6 Å². The first kappa shape index (κ1) is 34.6. The number of nitrogens with one attached hydrogen (secondary N) is 1. The number of anilines is 2. The third-order valence-corrected chi connectivity index (χ3v) is 11.2. The Morgan fingerprint density at radius 2 is 1.72 bits per heavy atom. The van der Waals surface area contributed by atoms with Crippen molar-refractivity contribution in [2.75, 3.05) is 49.5 Å². The summed E-state index contributed by atoms with van der Waals surface area (Å²) in [5.41, 5.74) is 1.42. The molecule has 1 saturated carbocycles. The Kier molecular flexibility index (Phi) is 9.27. The van der Waals surface area contributed by atoms with Crippen LogP contribution in [0.1, 0.15) is 38.5 Å².